The maximum atomic E-state index is 11.8. The second kappa shape index (κ2) is 8.36. The molecule has 0 aliphatic carbocycles. The van der Waals surface area contributed by atoms with Crippen molar-refractivity contribution in [1.29, 1.82) is 0 Å². The highest BCUT2D eigenvalue weighted by atomic mass is 35.5. The molecule has 0 heterocycles. The number of carbonyl (C=O) groups excluding carboxylic acids is 2. The van der Waals surface area contributed by atoms with Gasteiger partial charge in [0.05, 0.1) is 5.02 Å². The topological polar surface area (TPSA) is 64.6 Å². The SMILES string of the molecule is Cc1ccc(Cl)c(OCC(=O)OCC(=O)Nc2ccccc2C)c1. The third-order valence-corrected chi connectivity index (χ3v) is 3.53. The molecular weight excluding hydrogens is 330 g/mol. The van der Waals surface area contributed by atoms with Gasteiger partial charge in [0.1, 0.15) is 5.75 Å². The Morgan fingerprint density at radius 2 is 1.83 bits per heavy atom. The number of hydrogen-bond donors (Lipinski definition) is 1. The molecule has 0 aliphatic rings. The number of rotatable bonds is 6. The fourth-order valence-electron chi connectivity index (χ4n) is 1.95. The Bertz CT molecular complexity index is 746. The Morgan fingerprint density at radius 3 is 2.58 bits per heavy atom. The van der Waals surface area contributed by atoms with E-state index < -0.39 is 11.9 Å². The molecule has 6 heteroatoms. The number of anilines is 1. The maximum absolute atomic E-state index is 11.8. The zero-order chi connectivity index (χ0) is 17.5. The zero-order valence-electron chi connectivity index (χ0n) is 13.5. The molecular formula is C18H18ClNO4. The number of aryl methyl sites for hydroxylation is 2. The molecule has 0 saturated heterocycles. The van der Waals surface area contributed by atoms with Crippen LogP contribution in [0.2, 0.25) is 5.02 Å². The van der Waals surface area contributed by atoms with Gasteiger partial charge in [-0.15, -0.1) is 0 Å². The highest BCUT2D eigenvalue weighted by molar-refractivity contribution is 6.32. The van der Waals surface area contributed by atoms with Gasteiger partial charge in [-0.1, -0.05) is 35.9 Å². The second-order valence-electron chi connectivity index (χ2n) is 5.25. The number of halogens is 1. The van der Waals surface area contributed by atoms with Crippen LogP contribution in [0.1, 0.15) is 11.1 Å². The second-order valence-corrected chi connectivity index (χ2v) is 5.65. The Hall–Kier alpha value is -2.53. The molecule has 24 heavy (non-hydrogen) atoms. The summed E-state index contributed by atoms with van der Waals surface area (Å²) in [6, 6.07) is 12.6. The fourth-order valence-corrected chi connectivity index (χ4v) is 2.12. The molecule has 0 bridgehead atoms. The lowest BCUT2D eigenvalue weighted by Crippen LogP contribution is -2.24. The molecule has 0 aromatic heterocycles. The summed E-state index contributed by atoms with van der Waals surface area (Å²) in [6.45, 7) is 3.07. The predicted octanol–water partition coefficient (Wildman–Crippen LogP) is 3.52. The number of nitrogens with one attached hydrogen (secondary N) is 1. The Kier molecular flexibility index (Phi) is 6.21. The van der Waals surface area contributed by atoms with E-state index >= 15 is 0 Å². The molecule has 5 nitrogen and oxygen atoms in total. The standard InChI is InChI=1S/C18H18ClNO4/c1-12-7-8-14(19)16(9-12)23-11-18(22)24-10-17(21)20-15-6-4-3-5-13(15)2/h3-9H,10-11H2,1-2H3,(H,20,21). The first-order valence-corrected chi connectivity index (χ1v) is 7.73. The number of hydrogen-bond acceptors (Lipinski definition) is 4. The van der Waals surface area contributed by atoms with E-state index in [2.05, 4.69) is 5.32 Å². The van der Waals surface area contributed by atoms with E-state index in [1.54, 1.807) is 18.2 Å². The van der Waals surface area contributed by atoms with Crippen molar-refractivity contribution in [2.75, 3.05) is 18.5 Å². The average Bonchev–Trinajstić information content (AvgIpc) is 2.56. The fraction of sp³-hybridized carbons (Fsp3) is 0.222. The van der Waals surface area contributed by atoms with Crippen LogP contribution in [0.4, 0.5) is 5.69 Å². The van der Waals surface area contributed by atoms with Gasteiger partial charge in [0, 0.05) is 5.69 Å². The highest BCUT2D eigenvalue weighted by Gasteiger charge is 2.11. The minimum Gasteiger partial charge on any atom is -0.480 e. The van der Waals surface area contributed by atoms with Crippen molar-refractivity contribution in [3.8, 4) is 5.75 Å². The Balaban J connectivity index is 1.77. The van der Waals surface area contributed by atoms with Gasteiger partial charge in [0.2, 0.25) is 0 Å². The van der Waals surface area contributed by atoms with E-state index in [1.165, 1.54) is 0 Å². The van der Waals surface area contributed by atoms with Crippen LogP contribution in [0.15, 0.2) is 42.5 Å². The van der Waals surface area contributed by atoms with E-state index in [0.29, 0.717) is 16.5 Å². The van der Waals surface area contributed by atoms with Crippen molar-refractivity contribution in [2.24, 2.45) is 0 Å². The smallest absolute Gasteiger partial charge is 0.344 e. The Labute approximate surface area is 145 Å². The van der Waals surface area contributed by atoms with Crippen molar-refractivity contribution >= 4 is 29.2 Å². The molecule has 0 aliphatic heterocycles. The average molecular weight is 348 g/mol. The van der Waals surface area contributed by atoms with Gasteiger partial charge in [-0.05, 0) is 43.2 Å². The minimum atomic E-state index is -0.646. The first kappa shape index (κ1) is 17.8. The summed E-state index contributed by atoms with van der Waals surface area (Å²) in [5.41, 5.74) is 2.57. The summed E-state index contributed by atoms with van der Waals surface area (Å²) >= 11 is 5.97. The van der Waals surface area contributed by atoms with Crippen molar-refractivity contribution < 1.29 is 19.1 Å². The summed E-state index contributed by atoms with van der Waals surface area (Å²) in [5.74, 6) is -0.656. The lowest BCUT2D eigenvalue weighted by Gasteiger charge is -2.10. The molecule has 2 aromatic carbocycles. The predicted molar refractivity (Wildman–Crippen MR) is 92.5 cm³/mol. The van der Waals surface area contributed by atoms with Gasteiger partial charge in [-0.25, -0.2) is 4.79 Å². The molecule has 2 rings (SSSR count). The molecule has 0 spiro atoms. The van der Waals surface area contributed by atoms with Crippen LogP contribution in [0.3, 0.4) is 0 Å². The van der Waals surface area contributed by atoms with E-state index in [-0.39, 0.29) is 13.2 Å². The third-order valence-electron chi connectivity index (χ3n) is 3.22. The maximum Gasteiger partial charge on any atom is 0.344 e. The van der Waals surface area contributed by atoms with Crippen LogP contribution in [-0.4, -0.2) is 25.1 Å². The van der Waals surface area contributed by atoms with Gasteiger partial charge < -0.3 is 14.8 Å². The van der Waals surface area contributed by atoms with Gasteiger partial charge in [0.25, 0.3) is 5.91 Å². The monoisotopic (exact) mass is 347 g/mol. The van der Waals surface area contributed by atoms with Crippen molar-refractivity contribution in [2.45, 2.75) is 13.8 Å². The lowest BCUT2D eigenvalue weighted by atomic mass is 10.2. The zero-order valence-corrected chi connectivity index (χ0v) is 14.2. The lowest BCUT2D eigenvalue weighted by molar-refractivity contribution is -0.149. The quantitative estimate of drug-likeness (QED) is 0.812. The first-order chi connectivity index (χ1) is 11.5. The summed E-state index contributed by atoms with van der Waals surface area (Å²) < 4.78 is 10.2. The van der Waals surface area contributed by atoms with Gasteiger partial charge in [-0.2, -0.15) is 0 Å². The molecule has 1 amide bonds. The van der Waals surface area contributed by atoms with Gasteiger partial charge >= 0.3 is 5.97 Å². The van der Waals surface area contributed by atoms with Crippen LogP contribution in [-0.2, 0) is 14.3 Å². The Morgan fingerprint density at radius 1 is 1.08 bits per heavy atom. The molecule has 2 aromatic rings. The van der Waals surface area contributed by atoms with Gasteiger partial charge in [0.15, 0.2) is 13.2 Å². The molecule has 0 saturated carbocycles. The number of benzene rings is 2. The molecule has 0 fully saturated rings. The van der Waals surface area contributed by atoms with E-state index in [4.69, 9.17) is 21.1 Å². The highest BCUT2D eigenvalue weighted by Crippen LogP contribution is 2.25. The van der Waals surface area contributed by atoms with Crippen LogP contribution >= 0.6 is 11.6 Å². The van der Waals surface area contributed by atoms with E-state index in [0.717, 1.165) is 11.1 Å². The summed E-state index contributed by atoms with van der Waals surface area (Å²) in [6.07, 6.45) is 0. The van der Waals surface area contributed by atoms with Crippen LogP contribution < -0.4 is 10.1 Å². The molecule has 0 radical (unpaired) electrons. The largest absolute Gasteiger partial charge is 0.480 e. The molecule has 0 unspecified atom stereocenters. The molecule has 126 valence electrons. The van der Waals surface area contributed by atoms with Crippen molar-refractivity contribution in [3.63, 3.8) is 0 Å². The number of para-hydroxylation sites is 1. The third kappa shape index (κ3) is 5.28. The first-order valence-electron chi connectivity index (χ1n) is 7.36. The molecule has 0 atom stereocenters. The van der Waals surface area contributed by atoms with Gasteiger partial charge in [-0.3, -0.25) is 4.79 Å². The van der Waals surface area contributed by atoms with Crippen molar-refractivity contribution in [1.82, 2.24) is 0 Å². The van der Waals surface area contributed by atoms with Crippen LogP contribution in [0.25, 0.3) is 0 Å². The van der Waals surface area contributed by atoms with Crippen LogP contribution in [0, 0.1) is 13.8 Å². The van der Waals surface area contributed by atoms with Crippen molar-refractivity contribution in [3.05, 3.63) is 58.6 Å². The number of ether oxygens (including phenoxy) is 2. The number of esters is 1. The summed E-state index contributed by atoms with van der Waals surface area (Å²) in [5, 5.41) is 3.09. The minimum absolute atomic E-state index is 0.319. The van der Waals surface area contributed by atoms with Crippen LogP contribution in [0.5, 0.6) is 5.75 Å². The molecule has 1 N–H and O–H groups in total. The number of amides is 1. The summed E-state index contributed by atoms with van der Waals surface area (Å²) in [7, 11) is 0. The van der Waals surface area contributed by atoms with E-state index in [1.807, 2.05) is 38.1 Å². The normalized spacial score (nSPS) is 10.1. The van der Waals surface area contributed by atoms with E-state index in [9.17, 15) is 9.59 Å². The number of carbonyl (C=O) groups is 2. The summed E-state index contributed by atoms with van der Waals surface area (Å²) in [4.78, 5) is 23.5.